The molecule has 1 N–H and O–H groups in total. The first-order valence-electron chi connectivity index (χ1n) is 4.88. The van der Waals surface area contributed by atoms with Gasteiger partial charge in [0.05, 0.1) is 6.61 Å². The number of esters is 1. The van der Waals surface area contributed by atoms with Crippen LogP contribution in [0.3, 0.4) is 0 Å². The number of hydrogen-bond donors (Lipinski definition) is 1. The second kappa shape index (κ2) is 5.33. The van der Waals surface area contributed by atoms with Crippen LogP contribution in [-0.4, -0.2) is 48.9 Å². The summed E-state index contributed by atoms with van der Waals surface area (Å²) < 4.78 is 4.57. The molecule has 15 heavy (non-hydrogen) atoms. The van der Waals surface area contributed by atoms with Gasteiger partial charge in [0.1, 0.15) is 6.54 Å². The molecule has 6 heteroatoms. The highest BCUT2D eigenvalue weighted by Crippen LogP contribution is 1.98. The van der Waals surface area contributed by atoms with E-state index in [1.807, 2.05) is 0 Å². The lowest BCUT2D eigenvalue weighted by Crippen LogP contribution is -2.41. The minimum absolute atomic E-state index is 0.0718. The topological polar surface area (TPSA) is 75.7 Å². The lowest BCUT2D eigenvalue weighted by atomic mass is 10.4. The van der Waals surface area contributed by atoms with E-state index in [9.17, 15) is 14.4 Å². The quantitative estimate of drug-likeness (QED) is 0.444. The highest BCUT2D eigenvalue weighted by Gasteiger charge is 2.26. The Morgan fingerprint density at radius 3 is 2.93 bits per heavy atom. The third-order valence-electron chi connectivity index (χ3n) is 2.00. The summed E-state index contributed by atoms with van der Waals surface area (Å²) in [6.07, 6.45) is 0.650. The van der Waals surface area contributed by atoms with Gasteiger partial charge in [-0.15, -0.1) is 0 Å². The number of carbonyl (C=O) groups is 3. The molecule has 1 rings (SSSR count). The van der Waals surface area contributed by atoms with Crippen LogP contribution in [0.4, 0.5) is 0 Å². The summed E-state index contributed by atoms with van der Waals surface area (Å²) in [4.78, 5) is 34.9. The first-order valence-corrected chi connectivity index (χ1v) is 4.88. The fraction of sp³-hybridized carbons (Fsp3) is 0.667. The molecule has 1 heterocycles. The smallest absolute Gasteiger partial charge is 0.397 e. The Labute approximate surface area is 87.6 Å². The second-order valence-electron chi connectivity index (χ2n) is 3.15. The van der Waals surface area contributed by atoms with Gasteiger partial charge in [0, 0.05) is 13.1 Å². The van der Waals surface area contributed by atoms with Crippen LogP contribution in [0.25, 0.3) is 0 Å². The zero-order valence-electron chi connectivity index (χ0n) is 8.62. The molecule has 0 aromatic rings. The fourth-order valence-corrected chi connectivity index (χ4v) is 1.30. The van der Waals surface area contributed by atoms with Crippen molar-refractivity contribution in [1.29, 1.82) is 0 Å². The lowest BCUT2D eigenvalue weighted by Gasteiger charge is -2.17. The van der Waals surface area contributed by atoms with Gasteiger partial charge in [-0.25, -0.2) is 4.79 Å². The largest absolute Gasteiger partial charge is 0.459 e. The van der Waals surface area contributed by atoms with Gasteiger partial charge in [0.2, 0.25) is 5.91 Å². The van der Waals surface area contributed by atoms with Gasteiger partial charge in [-0.2, -0.15) is 0 Å². The standard InChI is InChI=1S/C9H14N2O4/c1-2-15-9(14)8(13)11-5-3-4-10-7(12)6-11/h2-6H2,1H3,(H,10,12). The van der Waals surface area contributed by atoms with Crippen molar-refractivity contribution in [3.63, 3.8) is 0 Å². The third kappa shape index (κ3) is 3.23. The van der Waals surface area contributed by atoms with E-state index >= 15 is 0 Å². The van der Waals surface area contributed by atoms with Gasteiger partial charge in [-0.1, -0.05) is 0 Å². The molecule has 6 nitrogen and oxygen atoms in total. The molecule has 1 saturated heterocycles. The van der Waals surface area contributed by atoms with Crippen molar-refractivity contribution < 1.29 is 19.1 Å². The van der Waals surface area contributed by atoms with Crippen LogP contribution in [-0.2, 0) is 19.1 Å². The lowest BCUT2D eigenvalue weighted by molar-refractivity contribution is -0.160. The first kappa shape index (κ1) is 11.5. The van der Waals surface area contributed by atoms with E-state index in [2.05, 4.69) is 10.1 Å². The Morgan fingerprint density at radius 1 is 1.53 bits per heavy atom. The molecule has 1 fully saturated rings. The monoisotopic (exact) mass is 214 g/mol. The minimum Gasteiger partial charge on any atom is -0.459 e. The first-order chi connectivity index (χ1) is 7.15. The van der Waals surface area contributed by atoms with Crippen molar-refractivity contribution in [2.24, 2.45) is 0 Å². The molecule has 0 spiro atoms. The molecular formula is C9H14N2O4. The Hall–Kier alpha value is -1.59. The molecule has 0 bridgehead atoms. The number of amides is 2. The number of carbonyl (C=O) groups excluding carboxylic acids is 3. The highest BCUT2D eigenvalue weighted by atomic mass is 16.5. The van der Waals surface area contributed by atoms with Gasteiger partial charge in [0.25, 0.3) is 0 Å². The van der Waals surface area contributed by atoms with Crippen molar-refractivity contribution in [1.82, 2.24) is 10.2 Å². The number of nitrogens with zero attached hydrogens (tertiary/aromatic N) is 1. The van der Waals surface area contributed by atoms with E-state index in [1.165, 1.54) is 4.90 Å². The van der Waals surface area contributed by atoms with Crippen LogP contribution in [0.5, 0.6) is 0 Å². The van der Waals surface area contributed by atoms with E-state index in [-0.39, 0.29) is 19.1 Å². The predicted molar refractivity (Wildman–Crippen MR) is 50.8 cm³/mol. The minimum atomic E-state index is -0.896. The average Bonchev–Trinajstić information content (AvgIpc) is 2.42. The third-order valence-corrected chi connectivity index (χ3v) is 2.00. The van der Waals surface area contributed by atoms with Crippen molar-refractivity contribution in [3.8, 4) is 0 Å². The zero-order chi connectivity index (χ0) is 11.3. The average molecular weight is 214 g/mol. The number of ether oxygens (including phenoxy) is 1. The maximum atomic E-state index is 11.5. The molecule has 0 radical (unpaired) electrons. The molecule has 0 unspecified atom stereocenters. The van der Waals surface area contributed by atoms with Gasteiger partial charge >= 0.3 is 11.9 Å². The van der Waals surface area contributed by atoms with Crippen molar-refractivity contribution >= 4 is 17.8 Å². The Morgan fingerprint density at radius 2 is 2.27 bits per heavy atom. The van der Waals surface area contributed by atoms with Gasteiger partial charge in [-0.3, -0.25) is 9.59 Å². The van der Waals surface area contributed by atoms with Crippen LogP contribution >= 0.6 is 0 Å². The van der Waals surface area contributed by atoms with Crippen molar-refractivity contribution in [2.75, 3.05) is 26.2 Å². The molecule has 1 aliphatic rings. The molecule has 0 saturated carbocycles. The molecule has 1 aliphatic heterocycles. The van der Waals surface area contributed by atoms with Crippen LogP contribution in [0.15, 0.2) is 0 Å². The SMILES string of the molecule is CCOC(=O)C(=O)N1CCCNC(=O)C1. The highest BCUT2D eigenvalue weighted by molar-refractivity contribution is 6.32. The van der Waals surface area contributed by atoms with E-state index in [0.29, 0.717) is 19.5 Å². The van der Waals surface area contributed by atoms with Gasteiger partial charge < -0.3 is 15.0 Å². The number of rotatable bonds is 1. The summed E-state index contributed by atoms with van der Waals surface area (Å²) in [5.41, 5.74) is 0. The Kier molecular flexibility index (Phi) is 4.08. The van der Waals surface area contributed by atoms with E-state index in [0.717, 1.165) is 0 Å². The van der Waals surface area contributed by atoms with Crippen LogP contribution < -0.4 is 5.32 Å². The summed E-state index contributed by atoms with van der Waals surface area (Å²) in [7, 11) is 0. The molecule has 0 aliphatic carbocycles. The molecule has 0 aromatic carbocycles. The maximum Gasteiger partial charge on any atom is 0.397 e. The van der Waals surface area contributed by atoms with E-state index in [1.54, 1.807) is 6.92 Å². The predicted octanol–water partition coefficient (Wildman–Crippen LogP) is -1.10. The summed E-state index contributed by atoms with van der Waals surface area (Å²) in [6.45, 7) is 2.64. The molecular weight excluding hydrogens is 200 g/mol. The van der Waals surface area contributed by atoms with Gasteiger partial charge in [0.15, 0.2) is 0 Å². The second-order valence-corrected chi connectivity index (χ2v) is 3.15. The zero-order valence-corrected chi connectivity index (χ0v) is 8.62. The molecule has 84 valence electrons. The summed E-state index contributed by atoms with van der Waals surface area (Å²) in [5.74, 6) is -1.88. The Balaban J connectivity index is 2.57. The van der Waals surface area contributed by atoms with E-state index in [4.69, 9.17) is 0 Å². The summed E-state index contributed by atoms with van der Waals surface area (Å²) >= 11 is 0. The van der Waals surface area contributed by atoms with Crippen LogP contribution in [0, 0.1) is 0 Å². The van der Waals surface area contributed by atoms with E-state index < -0.39 is 11.9 Å². The van der Waals surface area contributed by atoms with Crippen LogP contribution in [0.2, 0.25) is 0 Å². The fourth-order valence-electron chi connectivity index (χ4n) is 1.30. The van der Waals surface area contributed by atoms with Gasteiger partial charge in [-0.05, 0) is 13.3 Å². The molecule has 2 amide bonds. The van der Waals surface area contributed by atoms with Crippen molar-refractivity contribution in [2.45, 2.75) is 13.3 Å². The molecule has 0 aromatic heterocycles. The summed E-state index contributed by atoms with van der Waals surface area (Å²) in [6, 6.07) is 0. The molecule has 0 atom stereocenters. The van der Waals surface area contributed by atoms with Crippen LogP contribution in [0.1, 0.15) is 13.3 Å². The summed E-state index contributed by atoms with van der Waals surface area (Å²) in [5, 5.41) is 2.62. The maximum absolute atomic E-state index is 11.5. The normalized spacial score (nSPS) is 16.6. The number of hydrogen-bond acceptors (Lipinski definition) is 4. The Bertz CT molecular complexity index is 277. The van der Waals surface area contributed by atoms with Crippen molar-refractivity contribution in [3.05, 3.63) is 0 Å². The number of nitrogens with one attached hydrogen (secondary N) is 1.